The maximum Gasteiger partial charge on any atom is 0.258 e. The molecule has 1 aromatic carbocycles. The number of likely N-dealkylation sites (N-methyl/N-ethyl adjacent to an activating group) is 2. The molecular formula is C111H113ClFN25O7. The van der Waals surface area contributed by atoms with Crippen LogP contribution in [-0.4, -0.2) is 236 Å². The van der Waals surface area contributed by atoms with Gasteiger partial charge < -0.3 is 52.0 Å². The zero-order valence-electron chi connectivity index (χ0n) is 83.1. The molecule has 0 spiro atoms. The molecule has 19 aromatic rings. The van der Waals surface area contributed by atoms with E-state index in [4.69, 9.17) is 41.0 Å². The van der Waals surface area contributed by atoms with Gasteiger partial charge in [-0.15, -0.1) is 0 Å². The molecule has 0 saturated carbocycles. The smallest absolute Gasteiger partial charge is 0.258 e. The van der Waals surface area contributed by atoms with Crippen LogP contribution in [0, 0.1) is 33.5 Å². The Hall–Kier alpha value is -15.8. The van der Waals surface area contributed by atoms with E-state index >= 15 is 0 Å². The van der Waals surface area contributed by atoms with E-state index in [9.17, 15) is 28.4 Å². The SMILES string of the molecule is COc1ccc(-c2ccc3nc(C4=CCN(C)CC4)cc(=O)n3c2)cc1OC.Cc1cn2cc(-c3cc(=O)n4cc(N5CCN(C(C)C)CC5)ccc4n3)cc(Cl)c2n1.Cc1cn2cc(-c3cc(=O)n4cc(N5CCN(C(C)C)CC5)ccc4n3)cc(F)c2n1.Cc1cn2cc(-c3ccc4nc(C5=CCN(C)CC5)cc(=O)n4c3)ccc2n1.Cc1cn2cc(-c3ccc4nc(C5=CCNCC5)cc(=O)n4c3)ccc2n1. The Kier molecular flexibility index (Phi) is 27.5. The van der Waals surface area contributed by atoms with E-state index in [0.29, 0.717) is 79.4 Å². The minimum absolute atomic E-state index is 0.0544. The molecule has 24 rings (SSSR count). The number of anilines is 2. The summed E-state index contributed by atoms with van der Waals surface area (Å²) in [7, 11) is 7.40. The number of hydrogen-bond acceptors (Lipinski definition) is 23. The molecule has 18 aromatic heterocycles. The topological polar surface area (TPSA) is 291 Å². The van der Waals surface area contributed by atoms with Crippen LogP contribution in [0.4, 0.5) is 15.8 Å². The first-order chi connectivity index (χ1) is 70.1. The van der Waals surface area contributed by atoms with Crippen molar-refractivity contribution in [2.24, 2.45) is 0 Å². The normalized spacial score (nSPS) is 15.1. The van der Waals surface area contributed by atoms with Crippen LogP contribution in [0.5, 0.6) is 11.5 Å². The Morgan fingerprint density at radius 3 is 1.10 bits per heavy atom. The number of methoxy groups -OCH3 is 2. The number of nitrogens with zero attached hydrogens (tertiary/aromatic N) is 24. The average Bonchev–Trinajstić information content (AvgIpc) is 1.74. The number of piperazine rings is 2. The molecule has 0 atom stereocenters. The van der Waals surface area contributed by atoms with Crippen molar-refractivity contribution in [2.45, 2.75) is 86.7 Å². The molecule has 145 heavy (non-hydrogen) atoms. The molecule has 1 N–H and O–H groups in total. The Morgan fingerprint density at radius 1 is 0.331 bits per heavy atom. The lowest BCUT2D eigenvalue weighted by Gasteiger charge is -2.38. The first-order valence-electron chi connectivity index (χ1n) is 48.9. The second-order valence-electron chi connectivity index (χ2n) is 38.0. The summed E-state index contributed by atoms with van der Waals surface area (Å²) in [6.07, 6.45) is 33.8. The Labute approximate surface area is 839 Å². The maximum absolute atomic E-state index is 14.5. The summed E-state index contributed by atoms with van der Waals surface area (Å²) < 4.78 is 40.7. The summed E-state index contributed by atoms with van der Waals surface area (Å²) in [5.41, 5.74) is 25.0. The Morgan fingerprint density at radius 2 is 0.683 bits per heavy atom. The fourth-order valence-corrected chi connectivity index (χ4v) is 19.5. The lowest BCUT2D eigenvalue weighted by Crippen LogP contribution is -2.49. The van der Waals surface area contributed by atoms with Gasteiger partial charge in [0.15, 0.2) is 28.6 Å². The zero-order valence-corrected chi connectivity index (χ0v) is 83.9. The second-order valence-corrected chi connectivity index (χ2v) is 38.5. The van der Waals surface area contributed by atoms with Gasteiger partial charge in [-0.05, 0) is 243 Å². The van der Waals surface area contributed by atoms with Crippen LogP contribution in [0.25, 0.3) is 123 Å². The minimum Gasteiger partial charge on any atom is -0.493 e. The number of rotatable bonds is 14. The summed E-state index contributed by atoms with van der Waals surface area (Å²) in [5.74, 6) is 0.875. The second kappa shape index (κ2) is 41.3. The van der Waals surface area contributed by atoms with E-state index in [1.807, 2.05) is 218 Å². The molecular weight excluding hydrogens is 1850 g/mol. The highest BCUT2D eigenvalue weighted by Crippen LogP contribution is 2.35. The summed E-state index contributed by atoms with van der Waals surface area (Å²) in [6, 6.07) is 45.5. The molecule has 0 unspecified atom stereocenters. The number of imidazole rings is 4. The third-order valence-corrected chi connectivity index (χ3v) is 27.6. The molecule has 2 fully saturated rings. The van der Waals surface area contributed by atoms with Gasteiger partial charge >= 0.3 is 0 Å². The minimum atomic E-state index is -0.441. The van der Waals surface area contributed by atoms with Crippen molar-refractivity contribution in [1.82, 2.24) is 109 Å². The van der Waals surface area contributed by atoms with Gasteiger partial charge in [-0.1, -0.05) is 35.9 Å². The van der Waals surface area contributed by atoms with E-state index < -0.39 is 5.82 Å². The van der Waals surface area contributed by atoms with Gasteiger partial charge in [0.1, 0.15) is 39.5 Å². The number of hydrogen-bond donors (Lipinski definition) is 1. The Bertz CT molecular complexity index is 8460. The van der Waals surface area contributed by atoms with Gasteiger partial charge in [-0.25, -0.2) is 49.2 Å². The summed E-state index contributed by atoms with van der Waals surface area (Å²) in [5, 5.41) is 3.81. The van der Waals surface area contributed by atoms with Crippen molar-refractivity contribution >= 4 is 90.5 Å². The van der Waals surface area contributed by atoms with Gasteiger partial charge in [0.25, 0.3) is 27.8 Å². The van der Waals surface area contributed by atoms with Crippen LogP contribution in [-0.2, 0) is 0 Å². The molecule has 0 radical (unpaired) electrons. The molecule has 32 nitrogen and oxygen atoms in total. The number of fused-ring (bicyclic) bond motifs is 9. The van der Waals surface area contributed by atoms with E-state index in [1.165, 1.54) is 12.1 Å². The van der Waals surface area contributed by atoms with Crippen LogP contribution in [0.3, 0.4) is 0 Å². The number of halogens is 2. The van der Waals surface area contributed by atoms with Crippen molar-refractivity contribution in [1.29, 1.82) is 0 Å². The molecule has 2 saturated heterocycles. The maximum atomic E-state index is 14.5. The molecule has 5 aliphatic heterocycles. The van der Waals surface area contributed by atoms with Crippen molar-refractivity contribution in [2.75, 3.05) is 130 Å². The van der Waals surface area contributed by atoms with Gasteiger partial charge in [0.05, 0.1) is 81.9 Å². The predicted molar refractivity (Wildman–Crippen MR) is 570 cm³/mol. The Balaban J connectivity index is 0.000000111. The van der Waals surface area contributed by atoms with Crippen molar-refractivity contribution < 1.29 is 13.9 Å². The summed E-state index contributed by atoms with van der Waals surface area (Å²) in [4.78, 5) is 119. The quantitative estimate of drug-likeness (QED) is 0.106. The first kappa shape index (κ1) is 96.7. The number of ether oxygens (including phenoxy) is 2. The molecule has 34 heteroatoms. The number of pyridine rings is 9. The lowest BCUT2D eigenvalue weighted by molar-refractivity contribution is 0.209. The zero-order chi connectivity index (χ0) is 101. The highest BCUT2D eigenvalue weighted by atomic mass is 35.5. The number of nitrogens with one attached hydrogen (secondary N) is 1. The van der Waals surface area contributed by atoms with Gasteiger partial charge in [0, 0.05) is 230 Å². The first-order valence-corrected chi connectivity index (χ1v) is 49.2. The summed E-state index contributed by atoms with van der Waals surface area (Å²) in [6.45, 7) is 29.9. The van der Waals surface area contributed by atoms with Gasteiger partial charge in [-0.3, -0.25) is 55.8 Å². The van der Waals surface area contributed by atoms with E-state index in [0.717, 1.165) is 229 Å². The third-order valence-electron chi connectivity index (χ3n) is 27.3. The van der Waals surface area contributed by atoms with Crippen LogP contribution in [0.15, 0.2) is 268 Å². The molecule has 738 valence electrons. The standard InChI is InChI=1S/C23H25ClN6O.C23H25FN6O.C22H21N5O.C22H23N3O3.C21H19N5O/c2*1-15(2)27-6-8-28(9-7-27)18-4-5-21-26-20(11-22(31)30(21)14-18)17-10-19(24)23-25-16(3)12-29(23)13-17;1-15-12-26-13-17(3-5-20(26)23-15)18-4-6-21-24-19(11-22(28)27(21)14-18)16-7-9-25(2)10-8-16;1-24-10-8-15(9-11-24)18-13-22(26)25-14-17(5-7-21(25)23-18)16-4-6-19(27-2)20(12-16)28-3;1-14-11-25-12-16(2-4-19(25)23-14)17-3-5-20-24-18(10-21(27)26(20)13-17)15-6-8-22-9-7-15/h2*4-5,10-15H,6-9H2,1-3H3;3-7,11-14H,8-10H2,1-2H3;4-8,12-14H,9-11H2,1-3H3;2-6,10-13,22H,7-9H2,1H3. The number of aryl methyl sites for hydroxylation is 4. The molecule has 5 aliphatic rings. The van der Waals surface area contributed by atoms with Crippen LogP contribution in [0.2, 0.25) is 5.02 Å². The van der Waals surface area contributed by atoms with Crippen LogP contribution >= 0.6 is 11.6 Å². The third kappa shape index (κ3) is 21.0. The average molecular weight is 1960 g/mol. The van der Waals surface area contributed by atoms with Crippen LogP contribution in [0.1, 0.15) is 86.8 Å². The molecule has 0 amide bonds. The predicted octanol–water partition coefficient (Wildman–Crippen LogP) is 15.3. The van der Waals surface area contributed by atoms with Crippen LogP contribution < -0.4 is 52.4 Å². The van der Waals surface area contributed by atoms with E-state index in [2.05, 4.69) is 120 Å². The fourth-order valence-electron chi connectivity index (χ4n) is 19.3. The lowest BCUT2D eigenvalue weighted by atomic mass is 10.0. The monoisotopic (exact) mass is 1960 g/mol. The largest absolute Gasteiger partial charge is 0.493 e. The molecule has 23 heterocycles. The molecule has 0 aliphatic carbocycles. The number of aromatic nitrogens is 18. The highest BCUT2D eigenvalue weighted by Gasteiger charge is 2.26. The van der Waals surface area contributed by atoms with Gasteiger partial charge in [0.2, 0.25) is 0 Å². The van der Waals surface area contributed by atoms with Crippen molar-refractivity contribution in [3.05, 3.63) is 347 Å². The van der Waals surface area contributed by atoms with Crippen molar-refractivity contribution in [3.63, 3.8) is 0 Å². The van der Waals surface area contributed by atoms with E-state index in [1.54, 1.807) is 77.3 Å². The number of benzene rings is 1. The van der Waals surface area contributed by atoms with Crippen molar-refractivity contribution in [3.8, 4) is 67.4 Å². The summed E-state index contributed by atoms with van der Waals surface area (Å²) >= 11 is 6.42. The van der Waals surface area contributed by atoms with Gasteiger partial charge in [-0.2, -0.15) is 0 Å². The fraction of sp³-hybridized carbons (Fsp3) is 0.279. The highest BCUT2D eigenvalue weighted by molar-refractivity contribution is 6.33. The molecule has 0 bridgehead atoms. The van der Waals surface area contributed by atoms with E-state index in [-0.39, 0.29) is 33.4 Å².